The number of ether oxygens (including phenoxy) is 1. The summed E-state index contributed by atoms with van der Waals surface area (Å²) in [5.74, 6) is 0.316. The van der Waals surface area contributed by atoms with E-state index >= 15 is 0 Å². The molecule has 0 unspecified atom stereocenters. The maximum absolute atomic E-state index is 12.2. The van der Waals surface area contributed by atoms with Crippen LogP contribution < -0.4 is 9.54 Å². The van der Waals surface area contributed by atoms with Gasteiger partial charge in [-0.05, 0) is 42.3 Å². The number of hydrogen-bond donors (Lipinski definition) is 0. The van der Waals surface area contributed by atoms with E-state index < -0.39 is 10.8 Å². The van der Waals surface area contributed by atoms with Crippen molar-refractivity contribution in [1.82, 2.24) is 4.57 Å². The molecule has 0 saturated heterocycles. The molecule has 0 saturated carbocycles. The van der Waals surface area contributed by atoms with Crippen LogP contribution in [0.5, 0.6) is 5.75 Å². The minimum Gasteiger partial charge on any atom is -0.495 e. The number of benzene rings is 2. The van der Waals surface area contributed by atoms with E-state index in [0.717, 1.165) is 21.5 Å². The van der Waals surface area contributed by atoms with Crippen molar-refractivity contribution >= 4 is 39.2 Å². The molecule has 0 bridgehead atoms. The second-order valence-electron chi connectivity index (χ2n) is 5.84. The number of nitrogens with zero attached hydrogens (tertiary/aromatic N) is 3. The highest BCUT2D eigenvalue weighted by atomic mass is 32.1. The summed E-state index contributed by atoms with van der Waals surface area (Å²) in [6.45, 7) is 2.00. The maximum atomic E-state index is 12.2. The van der Waals surface area contributed by atoms with E-state index in [-0.39, 0.29) is 5.69 Å². The second kappa shape index (κ2) is 7.55. The Morgan fingerprint density at radius 1 is 1.26 bits per heavy atom. The van der Waals surface area contributed by atoms with Crippen LogP contribution in [0.25, 0.3) is 16.3 Å². The number of rotatable bonds is 4. The molecule has 3 aromatic rings. The summed E-state index contributed by atoms with van der Waals surface area (Å²) >= 11 is 1.42. The van der Waals surface area contributed by atoms with Crippen molar-refractivity contribution in [1.29, 1.82) is 0 Å². The van der Waals surface area contributed by atoms with Gasteiger partial charge in [-0.3, -0.25) is 14.9 Å². The lowest BCUT2D eigenvalue weighted by molar-refractivity contribution is -0.384. The van der Waals surface area contributed by atoms with E-state index in [9.17, 15) is 14.9 Å². The summed E-state index contributed by atoms with van der Waals surface area (Å²) in [4.78, 5) is 27.2. The number of non-ortho nitro benzene ring substituents is 1. The van der Waals surface area contributed by atoms with Gasteiger partial charge < -0.3 is 9.30 Å². The van der Waals surface area contributed by atoms with Gasteiger partial charge in [0.25, 0.3) is 11.6 Å². The molecule has 3 rings (SSSR count). The van der Waals surface area contributed by atoms with Crippen LogP contribution in [0, 0.1) is 17.0 Å². The summed E-state index contributed by atoms with van der Waals surface area (Å²) in [5, 5.41) is 10.7. The first-order valence-corrected chi connectivity index (χ1v) is 8.86. The zero-order chi connectivity index (χ0) is 19.6. The number of thiazole rings is 1. The highest BCUT2D eigenvalue weighted by Gasteiger charge is 2.11. The molecule has 27 heavy (non-hydrogen) atoms. The van der Waals surface area contributed by atoms with Crippen LogP contribution in [0.2, 0.25) is 0 Å². The number of amides is 1. The molecule has 0 aliphatic rings. The molecule has 0 N–H and O–H groups in total. The number of fused-ring (bicyclic) bond motifs is 1. The van der Waals surface area contributed by atoms with Crippen LogP contribution >= 0.6 is 11.3 Å². The van der Waals surface area contributed by atoms with Gasteiger partial charge in [-0.15, -0.1) is 0 Å². The fourth-order valence-electron chi connectivity index (χ4n) is 2.62. The van der Waals surface area contributed by atoms with Crippen LogP contribution in [-0.2, 0) is 11.8 Å². The third-order valence-corrected chi connectivity index (χ3v) is 5.32. The van der Waals surface area contributed by atoms with Crippen LogP contribution in [0.3, 0.4) is 0 Å². The number of aryl methyl sites for hydroxylation is 2. The van der Waals surface area contributed by atoms with Gasteiger partial charge in [0.1, 0.15) is 11.3 Å². The third-order valence-electron chi connectivity index (χ3n) is 4.06. The molecular formula is C19H17N3O4S. The van der Waals surface area contributed by atoms with Gasteiger partial charge in [-0.2, -0.15) is 4.99 Å². The first kappa shape index (κ1) is 18.5. The molecule has 0 atom stereocenters. The van der Waals surface area contributed by atoms with E-state index in [2.05, 4.69) is 4.99 Å². The summed E-state index contributed by atoms with van der Waals surface area (Å²) in [7, 11) is 3.45. The van der Waals surface area contributed by atoms with Crippen LogP contribution in [-0.4, -0.2) is 22.5 Å². The Kier molecular flexibility index (Phi) is 5.18. The van der Waals surface area contributed by atoms with Crippen molar-refractivity contribution in [3.63, 3.8) is 0 Å². The van der Waals surface area contributed by atoms with E-state index in [1.807, 2.05) is 30.7 Å². The summed E-state index contributed by atoms with van der Waals surface area (Å²) in [6, 6.07) is 9.80. The Morgan fingerprint density at radius 2 is 1.96 bits per heavy atom. The Balaban J connectivity index is 1.92. The minimum atomic E-state index is -0.467. The molecule has 1 heterocycles. The van der Waals surface area contributed by atoms with E-state index in [1.165, 1.54) is 29.5 Å². The van der Waals surface area contributed by atoms with E-state index in [4.69, 9.17) is 4.74 Å². The fourth-order valence-corrected chi connectivity index (χ4v) is 3.73. The van der Waals surface area contributed by atoms with Crippen LogP contribution in [0.1, 0.15) is 11.1 Å². The molecule has 1 aromatic heterocycles. The average Bonchev–Trinajstić information content (AvgIpc) is 2.98. The standard InChI is InChI=1S/C19H17N3O4S/c1-12-4-10-15(26-3)17-18(12)27-19(21(17)2)20-16(23)11-7-13-5-8-14(9-6-13)22(24)25/h4-11H,1-3H3/b11-7-,20-19?. The Labute approximate surface area is 159 Å². The van der Waals surface area contributed by atoms with Gasteiger partial charge in [0.05, 0.1) is 16.7 Å². The number of aromatic nitrogens is 1. The van der Waals surface area contributed by atoms with Crippen molar-refractivity contribution in [3.05, 3.63) is 68.5 Å². The molecule has 2 aromatic carbocycles. The van der Waals surface area contributed by atoms with Gasteiger partial charge in [0.15, 0.2) is 4.80 Å². The zero-order valence-electron chi connectivity index (χ0n) is 15.0. The molecular weight excluding hydrogens is 366 g/mol. The molecule has 8 heteroatoms. The summed E-state index contributed by atoms with van der Waals surface area (Å²) in [5.41, 5.74) is 2.67. The van der Waals surface area contributed by atoms with Crippen LogP contribution in [0.15, 0.2) is 47.5 Å². The molecule has 7 nitrogen and oxygen atoms in total. The second-order valence-corrected chi connectivity index (χ2v) is 6.82. The maximum Gasteiger partial charge on any atom is 0.272 e. The van der Waals surface area contributed by atoms with Gasteiger partial charge in [-0.1, -0.05) is 17.4 Å². The number of carbonyl (C=O) groups excluding carboxylic acids is 1. The molecule has 0 aliphatic heterocycles. The van der Waals surface area contributed by atoms with Gasteiger partial charge in [-0.25, -0.2) is 0 Å². The molecule has 0 spiro atoms. The predicted octanol–water partition coefficient (Wildman–Crippen LogP) is 3.61. The monoisotopic (exact) mass is 383 g/mol. The average molecular weight is 383 g/mol. The van der Waals surface area contributed by atoms with E-state index in [0.29, 0.717) is 10.4 Å². The van der Waals surface area contributed by atoms with Crippen LogP contribution in [0.4, 0.5) is 5.69 Å². The molecule has 0 aliphatic carbocycles. The smallest absolute Gasteiger partial charge is 0.272 e. The summed E-state index contributed by atoms with van der Waals surface area (Å²) in [6.07, 6.45) is 2.92. The molecule has 1 amide bonds. The first-order valence-electron chi connectivity index (χ1n) is 8.05. The highest BCUT2D eigenvalue weighted by molar-refractivity contribution is 7.16. The quantitative estimate of drug-likeness (QED) is 0.391. The fraction of sp³-hybridized carbons (Fsp3) is 0.158. The summed E-state index contributed by atoms with van der Waals surface area (Å²) < 4.78 is 8.26. The Bertz CT molecular complexity index is 1120. The predicted molar refractivity (Wildman–Crippen MR) is 105 cm³/mol. The Morgan fingerprint density at radius 3 is 2.59 bits per heavy atom. The van der Waals surface area contributed by atoms with Crippen molar-refractivity contribution in [3.8, 4) is 5.75 Å². The van der Waals surface area contributed by atoms with Crippen molar-refractivity contribution < 1.29 is 14.5 Å². The number of nitro benzene ring substituents is 1. The lowest BCUT2D eigenvalue weighted by Crippen LogP contribution is -2.12. The highest BCUT2D eigenvalue weighted by Crippen LogP contribution is 2.29. The number of nitro groups is 1. The topological polar surface area (TPSA) is 86.7 Å². The van der Waals surface area contributed by atoms with Crippen molar-refractivity contribution in [2.75, 3.05) is 7.11 Å². The number of hydrogen-bond acceptors (Lipinski definition) is 5. The minimum absolute atomic E-state index is 0.00443. The number of carbonyl (C=O) groups is 1. The normalized spacial score (nSPS) is 12.0. The third kappa shape index (κ3) is 3.80. The lowest BCUT2D eigenvalue weighted by Gasteiger charge is -2.05. The lowest BCUT2D eigenvalue weighted by atomic mass is 10.2. The zero-order valence-corrected chi connectivity index (χ0v) is 15.8. The largest absolute Gasteiger partial charge is 0.495 e. The first-order chi connectivity index (χ1) is 12.9. The Hall–Kier alpha value is -3.26. The molecule has 0 radical (unpaired) electrons. The van der Waals surface area contributed by atoms with Gasteiger partial charge in [0, 0.05) is 25.3 Å². The molecule has 0 fully saturated rings. The van der Waals surface area contributed by atoms with Crippen molar-refractivity contribution in [2.45, 2.75) is 6.92 Å². The van der Waals surface area contributed by atoms with Crippen molar-refractivity contribution in [2.24, 2.45) is 12.0 Å². The SMILES string of the molecule is COc1ccc(C)c2sc(=NC(=O)/C=C\c3ccc([N+](=O)[O-])cc3)n(C)c12. The van der Waals surface area contributed by atoms with E-state index in [1.54, 1.807) is 25.3 Å². The molecule has 138 valence electrons. The number of methoxy groups -OCH3 is 1. The van der Waals surface area contributed by atoms with Gasteiger partial charge >= 0.3 is 0 Å². The van der Waals surface area contributed by atoms with Gasteiger partial charge in [0.2, 0.25) is 0 Å².